The Morgan fingerprint density at radius 2 is 1.89 bits per heavy atom. The van der Waals surface area contributed by atoms with Crippen LogP contribution in [0, 0.1) is 11.8 Å². The molecule has 1 aliphatic carbocycles. The van der Waals surface area contributed by atoms with Gasteiger partial charge in [0.25, 0.3) is 0 Å². The van der Waals surface area contributed by atoms with Crippen LogP contribution in [0.25, 0.3) is 0 Å². The minimum Gasteiger partial charge on any atom is -0.373 e. The van der Waals surface area contributed by atoms with Crippen molar-refractivity contribution in [3.8, 4) is 0 Å². The molecule has 6 rings (SSSR count). The standard InChI is InChI=1S/C23H32ClN7O4S/c24-18-8-26-23(28-16-7-27-31(9-16)17-3-5-25-6-4-17)30-22(18)29-19-11-35-20-15(10-34-21(19)20)13-36(32,33)12-14-1-2-14/h7-9,14-15,17,19-21,25H,1-6,10-13H2,(H2,26,28,29,30)/t15-,19-,20?,21?/m1/s1. The molecule has 11 nitrogen and oxygen atoms in total. The number of fused-ring (bicyclic) bond motifs is 1. The van der Waals surface area contributed by atoms with E-state index in [9.17, 15) is 8.42 Å². The summed E-state index contributed by atoms with van der Waals surface area (Å²) in [6.07, 6.45) is 8.92. The molecule has 0 bridgehead atoms. The number of piperidine rings is 1. The number of ether oxygens (including phenoxy) is 2. The lowest BCUT2D eigenvalue weighted by Crippen LogP contribution is -2.36. The Balaban J connectivity index is 1.08. The van der Waals surface area contributed by atoms with Gasteiger partial charge in [-0.15, -0.1) is 0 Å². The van der Waals surface area contributed by atoms with Crippen molar-refractivity contribution in [2.75, 3.05) is 48.4 Å². The van der Waals surface area contributed by atoms with Gasteiger partial charge in [0.1, 0.15) is 11.1 Å². The second kappa shape index (κ2) is 10.1. The predicted octanol–water partition coefficient (Wildman–Crippen LogP) is 2.01. The third kappa shape index (κ3) is 5.47. The van der Waals surface area contributed by atoms with Crippen molar-refractivity contribution in [2.45, 2.75) is 50.0 Å². The number of hydrogen-bond donors (Lipinski definition) is 3. The summed E-state index contributed by atoms with van der Waals surface area (Å²) in [5.41, 5.74) is 0.806. The second-order valence-electron chi connectivity index (χ2n) is 10.3. The first-order valence-electron chi connectivity index (χ1n) is 12.7. The average molecular weight is 538 g/mol. The third-order valence-corrected chi connectivity index (χ3v) is 9.61. The van der Waals surface area contributed by atoms with E-state index in [1.807, 2.05) is 10.9 Å². The van der Waals surface area contributed by atoms with Gasteiger partial charge in [-0.2, -0.15) is 10.1 Å². The monoisotopic (exact) mass is 537 g/mol. The van der Waals surface area contributed by atoms with Gasteiger partial charge in [0.15, 0.2) is 15.7 Å². The van der Waals surface area contributed by atoms with E-state index in [0.29, 0.717) is 42.0 Å². The first kappa shape index (κ1) is 24.4. The summed E-state index contributed by atoms with van der Waals surface area (Å²) < 4.78 is 39.1. The largest absolute Gasteiger partial charge is 0.373 e. The van der Waals surface area contributed by atoms with Crippen molar-refractivity contribution in [3.05, 3.63) is 23.6 Å². The fourth-order valence-electron chi connectivity index (χ4n) is 5.39. The zero-order chi connectivity index (χ0) is 24.7. The summed E-state index contributed by atoms with van der Waals surface area (Å²) in [6.45, 7) is 2.76. The van der Waals surface area contributed by atoms with Crippen molar-refractivity contribution < 1.29 is 17.9 Å². The number of halogens is 1. The highest BCUT2D eigenvalue weighted by atomic mass is 35.5. The highest BCUT2D eigenvalue weighted by Crippen LogP contribution is 2.36. The van der Waals surface area contributed by atoms with Crippen LogP contribution in [0.1, 0.15) is 31.7 Å². The first-order chi connectivity index (χ1) is 17.4. The van der Waals surface area contributed by atoms with Crippen molar-refractivity contribution in [1.29, 1.82) is 0 Å². The van der Waals surface area contributed by atoms with Crippen molar-refractivity contribution in [3.63, 3.8) is 0 Å². The van der Waals surface area contributed by atoms with Gasteiger partial charge >= 0.3 is 0 Å². The first-order valence-corrected chi connectivity index (χ1v) is 14.9. The Morgan fingerprint density at radius 1 is 1.08 bits per heavy atom. The van der Waals surface area contributed by atoms with Gasteiger partial charge in [-0.1, -0.05) is 11.6 Å². The second-order valence-corrected chi connectivity index (χ2v) is 12.9. The van der Waals surface area contributed by atoms with E-state index in [1.54, 1.807) is 12.4 Å². The number of sulfone groups is 1. The molecular weight excluding hydrogens is 506 g/mol. The Kier molecular flexibility index (Phi) is 6.80. The molecule has 0 aromatic carbocycles. The normalized spacial score (nSPS) is 28.8. The molecule has 4 fully saturated rings. The SMILES string of the molecule is O=S(=O)(CC1CC1)C[C@H]1COC2C1OC[C@H]2Nc1nc(Nc2cnn(C3CCNCC3)c2)ncc1Cl. The average Bonchev–Trinajstić information content (AvgIpc) is 3.23. The lowest BCUT2D eigenvalue weighted by Gasteiger charge is -2.22. The lowest BCUT2D eigenvalue weighted by atomic mass is 10.0. The molecule has 2 aromatic heterocycles. The van der Waals surface area contributed by atoms with Crippen LogP contribution in [0.3, 0.4) is 0 Å². The fraction of sp³-hybridized carbons (Fsp3) is 0.696. The van der Waals surface area contributed by atoms with Crippen LogP contribution in [0.15, 0.2) is 18.6 Å². The van der Waals surface area contributed by atoms with Gasteiger partial charge in [-0.25, -0.2) is 13.4 Å². The molecule has 5 heterocycles. The van der Waals surface area contributed by atoms with E-state index in [0.717, 1.165) is 44.5 Å². The number of anilines is 3. The number of aromatic nitrogens is 4. The summed E-state index contributed by atoms with van der Waals surface area (Å²) in [7, 11) is -3.10. The fourth-order valence-corrected chi connectivity index (χ4v) is 7.66. The number of nitrogens with one attached hydrogen (secondary N) is 3. The molecule has 36 heavy (non-hydrogen) atoms. The van der Waals surface area contributed by atoms with Crippen LogP contribution in [0.4, 0.5) is 17.5 Å². The Labute approximate surface area is 215 Å². The van der Waals surface area contributed by atoms with E-state index < -0.39 is 9.84 Å². The molecule has 3 saturated heterocycles. The Bertz CT molecular complexity index is 1180. The van der Waals surface area contributed by atoms with Crippen LogP contribution in [-0.4, -0.2) is 84.2 Å². The molecule has 3 aliphatic heterocycles. The molecule has 2 unspecified atom stereocenters. The van der Waals surface area contributed by atoms with Gasteiger partial charge in [0, 0.05) is 12.1 Å². The van der Waals surface area contributed by atoms with Crippen LogP contribution < -0.4 is 16.0 Å². The maximum atomic E-state index is 12.5. The molecular formula is C23H32ClN7O4S. The summed E-state index contributed by atoms with van der Waals surface area (Å²) in [4.78, 5) is 8.87. The minimum atomic E-state index is -3.10. The number of hydrogen-bond acceptors (Lipinski definition) is 10. The lowest BCUT2D eigenvalue weighted by molar-refractivity contribution is 0.0656. The van der Waals surface area contributed by atoms with Gasteiger partial charge in [0.05, 0.1) is 61.0 Å². The zero-order valence-electron chi connectivity index (χ0n) is 20.0. The summed E-state index contributed by atoms with van der Waals surface area (Å²) in [5, 5.41) is 14.8. The minimum absolute atomic E-state index is 0.116. The molecule has 0 spiro atoms. The maximum absolute atomic E-state index is 12.5. The summed E-state index contributed by atoms with van der Waals surface area (Å²) in [5.74, 6) is 1.46. The zero-order valence-corrected chi connectivity index (χ0v) is 21.5. The molecule has 1 saturated carbocycles. The van der Waals surface area contributed by atoms with Crippen LogP contribution in [0.5, 0.6) is 0 Å². The van der Waals surface area contributed by atoms with E-state index >= 15 is 0 Å². The van der Waals surface area contributed by atoms with Gasteiger partial charge in [-0.3, -0.25) is 4.68 Å². The topological polar surface area (TPSA) is 132 Å². The van der Waals surface area contributed by atoms with E-state index in [1.165, 1.54) is 0 Å². The highest BCUT2D eigenvalue weighted by Gasteiger charge is 2.49. The molecule has 4 atom stereocenters. The van der Waals surface area contributed by atoms with Crippen LogP contribution >= 0.6 is 11.6 Å². The van der Waals surface area contributed by atoms with Gasteiger partial charge < -0.3 is 25.4 Å². The van der Waals surface area contributed by atoms with E-state index in [2.05, 4.69) is 31.0 Å². The number of rotatable bonds is 9. The van der Waals surface area contributed by atoms with Gasteiger partial charge in [-0.05, 0) is 44.7 Å². The van der Waals surface area contributed by atoms with Crippen molar-refractivity contribution in [1.82, 2.24) is 25.1 Å². The highest BCUT2D eigenvalue weighted by molar-refractivity contribution is 7.91. The Morgan fingerprint density at radius 3 is 2.69 bits per heavy atom. The molecule has 4 aliphatic rings. The van der Waals surface area contributed by atoms with E-state index in [-0.39, 0.29) is 35.7 Å². The molecule has 0 amide bonds. The molecule has 2 aromatic rings. The van der Waals surface area contributed by atoms with Crippen LogP contribution in [0.2, 0.25) is 5.02 Å². The Hall–Kier alpha value is -1.99. The van der Waals surface area contributed by atoms with Crippen molar-refractivity contribution >= 4 is 38.9 Å². The molecule has 0 radical (unpaired) electrons. The van der Waals surface area contributed by atoms with Crippen LogP contribution in [-0.2, 0) is 19.3 Å². The summed E-state index contributed by atoms with van der Waals surface area (Å²) in [6, 6.07) is 0.202. The quantitative estimate of drug-likeness (QED) is 0.436. The maximum Gasteiger partial charge on any atom is 0.229 e. The molecule has 196 valence electrons. The smallest absolute Gasteiger partial charge is 0.229 e. The van der Waals surface area contributed by atoms with E-state index in [4.69, 9.17) is 21.1 Å². The van der Waals surface area contributed by atoms with Crippen molar-refractivity contribution in [2.24, 2.45) is 11.8 Å². The third-order valence-electron chi connectivity index (χ3n) is 7.42. The molecule has 13 heteroatoms. The van der Waals surface area contributed by atoms with Gasteiger partial charge in [0.2, 0.25) is 5.95 Å². The summed E-state index contributed by atoms with van der Waals surface area (Å²) >= 11 is 6.40. The number of nitrogens with zero attached hydrogens (tertiary/aromatic N) is 4. The predicted molar refractivity (Wildman–Crippen MR) is 135 cm³/mol. The molecule has 3 N–H and O–H groups in total.